The zero-order valence-electron chi connectivity index (χ0n) is 12.8. The van der Waals surface area contributed by atoms with Crippen molar-refractivity contribution in [3.05, 3.63) is 46.8 Å². The molecule has 0 saturated carbocycles. The van der Waals surface area contributed by atoms with Crippen LogP contribution in [0.3, 0.4) is 0 Å². The fourth-order valence-electron chi connectivity index (χ4n) is 3.24. The summed E-state index contributed by atoms with van der Waals surface area (Å²) in [6, 6.07) is 8.69. The van der Waals surface area contributed by atoms with Gasteiger partial charge in [-0.1, -0.05) is 18.2 Å². The van der Waals surface area contributed by atoms with Gasteiger partial charge in [-0.2, -0.15) is 5.10 Å². The number of anilines is 1. The van der Waals surface area contributed by atoms with Crippen molar-refractivity contribution in [2.24, 2.45) is 0 Å². The Bertz CT molecular complexity index is 633. The SMILES string of the molecule is Cc1nn(CCO)c(C)c1CN1CCCc2ccccc21. The number of hydrogen-bond acceptors (Lipinski definition) is 3. The minimum absolute atomic E-state index is 0.133. The number of aryl methyl sites for hydroxylation is 2. The van der Waals surface area contributed by atoms with Gasteiger partial charge >= 0.3 is 0 Å². The number of aliphatic hydroxyl groups excluding tert-OH is 1. The Balaban J connectivity index is 1.88. The standard InChI is InChI=1S/C17H23N3O/c1-13-16(14(2)20(18-13)10-11-21)12-19-9-5-7-15-6-3-4-8-17(15)19/h3-4,6,8,21H,5,7,9-12H2,1-2H3. The summed E-state index contributed by atoms with van der Waals surface area (Å²) in [4.78, 5) is 2.46. The van der Waals surface area contributed by atoms with Gasteiger partial charge in [0.2, 0.25) is 0 Å². The first-order chi connectivity index (χ1) is 10.2. The van der Waals surface area contributed by atoms with E-state index in [9.17, 15) is 0 Å². The molecule has 0 bridgehead atoms. The molecule has 0 aliphatic carbocycles. The summed E-state index contributed by atoms with van der Waals surface area (Å²) in [7, 11) is 0. The van der Waals surface area contributed by atoms with Crippen molar-refractivity contribution in [2.75, 3.05) is 18.1 Å². The predicted molar refractivity (Wildman–Crippen MR) is 84.6 cm³/mol. The van der Waals surface area contributed by atoms with Gasteiger partial charge in [-0.3, -0.25) is 4.68 Å². The molecule has 0 saturated heterocycles. The fraction of sp³-hybridized carbons (Fsp3) is 0.471. The lowest BCUT2D eigenvalue weighted by atomic mass is 10.0. The van der Waals surface area contributed by atoms with E-state index in [1.807, 2.05) is 4.68 Å². The number of rotatable bonds is 4. The minimum Gasteiger partial charge on any atom is -0.394 e. The van der Waals surface area contributed by atoms with E-state index in [0.29, 0.717) is 6.54 Å². The number of para-hydroxylation sites is 1. The average molecular weight is 285 g/mol. The van der Waals surface area contributed by atoms with Gasteiger partial charge in [0.05, 0.1) is 18.8 Å². The Hall–Kier alpha value is -1.81. The molecular formula is C17H23N3O. The molecule has 1 N–H and O–H groups in total. The van der Waals surface area contributed by atoms with Gasteiger partial charge in [-0.25, -0.2) is 0 Å². The van der Waals surface area contributed by atoms with Crippen molar-refractivity contribution >= 4 is 5.69 Å². The number of aromatic nitrogens is 2. The Morgan fingerprint density at radius 2 is 2.05 bits per heavy atom. The minimum atomic E-state index is 0.133. The highest BCUT2D eigenvalue weighted by molar-refractivity contribution is 5.56. The molecule has 2 aromatic rings. The first-order valence-electron chi connectivity index (χ1n) is 7.67. The molecule has 0 amide bonds. The first-order valence-corrected chi connectivity index (χ1v) is 7.67. The highest BCUT2D eigenvalue weighted by Gasteiger charge is 2.19. The van der Waals surface area contributed by atoms with Crippen LogP contribution in [0.1, 0.15) is 28.9 Å². The van der Waals surface area contributed by atoms with Crippen molar-refractivity contribution in [1.82, 2.24) is 9.78 Å². The van der Waals surface area contributed by atoms with Crippen LogP contribution in [0.5, 0.6) is 0 Å². The summed E-state index contributed by atoms with van der Waals surface area (Å²) in [5.74, 6) is 0. The smallest absolute Gasteiger partial charge is 0.0646 e. The Kier molecular flexibility index (Phi) is 3.97. The Morgan fingerprint density at radius 3 is 2.86 bits per heavy atom. The highest BCUT2D eigenvalue weighted by Crippen LogP contribution is 2.29. The van der Waals surface area contributed by atoms with E-state index in [2.05, 4.69) is 48.1 Å². The predicted octanol–water partition coefficient (Wildman–Crippen LogP) is 2.45. The number of aliphatic hydroxyl groups is 1. The molecular weight excluding hydrogens is 262 g/mol. The van der Waals surface area contributed by atoms with Crippen LogP contribution in [-0.4, -0.2) is 28.0 Å². The second kappa shape index (κ2) is 5.90. The maximum Gasteiger partial charge on any atom is 0.0646 e. The van der Waals surface area contributed by atoms with E-state index in [1.54, 1.807) is 0 Å². The Morgan fingerprint density at radius 1 is 1.24 bits per heavy atom. The third-order valence-electron chi connectivity index (χ3n) is 4.40. The lowest BCUT2D eigenvalue weighted by molar-refractivity contribution is 0.268. The lowest BCUT2D eigenvalue weighted by Gasteiger charge is -2.31. The van der Waals surface area contributed by atoms with E-state index in [4.69, 9.17) is 5.11 Å². The van der Waals surface area contributed by atoms with Crippen molar-refractivity contribution in [1.29, 1.82) is 0 Å². The van der Waals surface area contributed by atoms with Gasteiger partial charge in [0.25, 0.3) is 0 Å². The van der Waals surface area contributed by atoms with E-state index in [1.165, 1.54) is 35.3 Å². The molecule has 4 heteroatoms. The first kappa shape index (κ1) is 14.1. The largest absolute Gasteiger partial charge is 0.394 e. The van der Waals surface area contributed by atoms with Crippen LogP contribution in [0.4, 0.5) is 5.69 Å². The number of benzene rings is 1. The molecule has 0 spiro atoms. The third kappa shape index (κ3) is 2.68. The average Bonchev–Trinajstić information content (AvgIpc) is 2.76. The molecule has 1 aromatic carbocycles. The van der Waals surface area contributed by atoms with Crippen LogP contribution in [0, 0.1) is 13.8 Å². The van der Waals surface area contributed by atoms with Gasteiger partial charge in [-0.05, 0) is 38.3 Å². The molecule has 3 rings (SSSR count). The van der Waals surface area contributed by atoms with Gasteiger partial charge in [0.15, 0.2) is 0 Å². The second-order valence-electron chi connectivity index (χ2n) is 5.75. The fourth-order valence-corrected chi connectivity index (χ4v) is 3.24. The summed E-state index contributed by atoms with van der Waals surface area (Å²) in [5, 5.41) is 13.7. The summed E-state index contributed by atoms with van der Waals surface area (Å²) >= 11 is 0. The Labute approximate surface area is 126 Å². The zero-order valence-corrected chi connectivity index (χ0v) is 12.8. The third-order valence-corrected chi connectivity index (χ3v) is 4.40. The molecule has 1 aromatic heterocycles. The molecule has 0 fully saturated rings. The van der Waals surface area contributed by atoms with Crippen LogP contribution in [0.15, 0.2) is 24.3 Å². The van der Waals surface area contributed by atoms with Gasteiger partial charge in [-0.15, -0.1) is 0 Å². The van der Waals surface area contributed by atoms with Crippen LogP contribution in [0.2, 0.25) is 0 Å². The molecule has 1 aliphatic heterocycles. The number of fused-ring (bicyclic) bond motifs is 1. The molecule has 4 nitrogen and oxygen atoms in total. The molecule has 1 aliphatic rings. The van der Waals surface area contributed by atoms with Crippen LogP contribution < -0.4 is 4.90 Å². The van der Waals surface area contributed by atoms with Gasteiger partial charge in [0, 0.05) is 30.0 Å². The number of hydrogen-bond donors (Lipinski definition) is 1. The van der Waals surface area contributed by atoms with Crippen molar-refractivity contribution in [3.8, 4) is 0 Å². The zero-order chi connectivity index (χ0) is 14.8. The quantitative estimate of drug-likeness (QED) is 0.938. The van der Waals surface area contributed by atoms with E-state index < -0.39 is 0 Å². The van der Waals surface area contributed by atoms with Crippen molar-refractivity contribution in [2.45, 2.75) is 39.8 Å². The summed E-state index contributed by atoms with van der Waals surface area (Å²) in [6.07, 6.45) is 2.38. The maximum atomic E-state index is 9.12. The number of nitrogens with zero attached hydrogens (tertiary/aromatic N) is 3. The van der Waals surface area contributed by atoms with Gasteiger partial charge < -0.3 is 10.0 Å². The van der Waals surface area contributed by atoms with Gasteiger partial charge in [0.1, 0.15) is 0 Å². The van der Waals surface area contributed by atoms with E-state index in [-0.39, 0.29) is 6.61 Å². The van der Waals surface area contributed by atoms with Crippen LogP contribution in [-0.2, 0) is 19.5 Å². The summed E-state index contributed by atoms with van der Waals surface area (Å²) in [5.41, 5.74) is 6.34. The molecule has 0 radical (unpaired) electrons. The van der Waals surface area contributed by atoms with Crippen LogP contribution >= 0.6 is 0 Å². The topological polar surface area (TPSA) is 41.3 Å². The molecule has 0 atom stereocenters. The van der Waals surface area contributed by atoms with Crippen molar-refractivity contribution < 1.29 is 5.11 Å². The molecule has 21 heavy (non-hydrogen) atoms. The monoisotopic (exact) mass is 285 g/mol. The lowest BCUT2D eigenvalue weighted by Crippen LogP contribution is -2.29. The molecule has 0 unspecified atom stereocenters. The maximum absolute atomic E-state index is 9.12. The molecule has 112 valence electrons. The van der Waals surface area contributed by atoms with Crippen molar-refractivity contribution in [3.63, 3.8) is 0 Å². The van der Waals surface area contributed by atoms with E-state index >= 15 is 0 Å². The second-order valence-corrected chi connectivity index (χ2v) is 5.75. The summed E-state index contributed by atoms with van der Waals surface area (Å²) in [6.45, 7) is 6.87. The van der Waals surface area contributed by atoms with Crippen LogP contribution in [0.25, 0.3) is 0 Å². The highest BCUT2D eigenvalue weighted by atomic mass is 16.3. The molecule has 2 heterocycles. The summed E-state index contributed by atoms with van der Waals surface area (Å²) < 4.78 is 1.92. The normalized spacial score (nSPS) is 14.3. The van der Waals surface area contributed by atoms with E-state index in [0.717, 1.165) is 18.8 Å².